The second-order valence-corrected chi connectivity index (χ2v) is 8.24. The van der Waals surface area contributed by atoms with Crippen molar-refractivity contribution in [3.8, 4) is 0 Å². The van der Waals surface area contributed by atoms with Crippen molar-refractivity contribution in [1.29, 1.82) is 0 Å². The number of amides is 1. The highest BCUT2D eigenvalue weighted by Gasteiger charge is 2.34. The second-order valence-electron chi connectivity index (χ2n) is 6.26. The summed E-state index contributed by atoms with van der Waals surface area (Å²) in [4.78, 5) is 14.3. The third kappa shape index (κ3) is 3.71. The van der Waals surface area contributed by atoms with Gasteiger partial charge in [-0.25, -0.2) is 8.42 Å². The smallest absolute Gasteiger partial charge is 0.225 e. The summed E-state index contributed by atoms with van der Waals surface area (Å²) in [5.74, 6) is 0.656. The van der Waals surface area contributed by atoms with Crippen LogP contribution in [-0.2, 0) is 14.8 Å². The minimum absolute atomic E-state index is 0.0125. The van der Waals surface area contributed by atoms with Crippen LogP contribution in [0.4, 0.5) is 0 Å². The Morgan fingerprint density at radius 1 is 1.10 bits per heavy atom. The maximum absolute atomic E-state index is 12.5. The number of nitrogens with two attached hydrogens (primary N) is 1. The molecule has 0 spiro atoms. The normalized spacial score (nSPS) is 33.1. The van der Waals surface area contributed by atoms with Crippen LogP contribution in [0.1, 0.15) is 26.2 Å². The molecule has 116 valence electrons. The molecule has 2 N–H and O–H groups in total. The molecule has 2 aliphatic rings. The first-order valence-electron chi connectivity index (χ1n) is 7.27. The van der Waals surface area contributed by atoms with Crippen LogP contribution in [0.2, 0.25) is 0 Å². The monoisotopic (exact) mass is 303 g/mol. The Bertz CT molecular complexity index is 447. The predicted molar refractivity (Wildman–Crippen MR) is 77.5 cm³/mol. The number of rotatable bonds is 2. The van der Waals surface area contributed by atoms with Gasteiger partial charge in [0.05, 0.1) is 6.26 Å². The van der Waals surface area contributed by atoms with Crippen molar-refractivity contribution in [3.63, 3.8) is 0 Å². The molecule has 0 aromatic heterocycles. The third-order valence-electron chi connectivity index (χ3n) is 4.35. The van der Waals surface area contributed by atoms with E-state index < -0.39 is 10.0 Å². The summed E-state index contributed by atoms with van der Waals surface area (Å²) in [6, 6.07) is 0.116. The Morgan fingerprint density at radius 3 is 2.20 bits per heavy atom. The third-order valence-corrected chi connectivity index (χ3v) is 5.65. The average Bonchev–Trinajstić information content (AvgIpc) is 2.36. The molecular formula is C13H25N3O3S. The molecule has 6 nitrogen and oxygen atoms in total. The average molecular weight is 303 g/mol. The molecule has 0 aromatic rings. The second kappa shape index (κ2) is 5.99. The molecule has 3 atom stereocenters. The van der Waals surface area contributed by atoms with Gasteiger partial charge in [0, 0.05) is 38.1 Å². The van der Waals surface area contributed by atoms with E-state index in [0.717, 1.165) is 19.3 Å². The number of sulfonamides is 1. The van der Waals surface area contributed by atoms with Gasteiger partial charge in [-0.3, -0.25) is 4.79 Å². The molecule has 1 aliphatic carbocycles. The maximum atomic E-state index is 12.5. The first-order valence-corrected chi connectivity index (χ1v) is 9.11. The van der Waals surface area contributed by atoms with E-state index in [1.165, 1.54) is 10.6 Å². The van der Waals surface area contributed by atoms with Gasteiger partial charge in [0.1, 0.15) is 0 Å². The van der Waals surface area contributed by atoms with Gasteiger partial charge in [0.25, 0.3) is 0 Å². The number of carbonyl (C=O) groups is 1. The first-order chi connectivity index (χ1) is 9.27. The molecule has 2 rings (SSSR count). The topological polar surface area (TPSA) is 83.7 Å². The molecule has 1 saturated heterocycles. The van der Waals surface area contributed by atoms with Gasteiger partial charge in [-0.2, -0.15) is 4.31 Å². The zero-order valence-electron chi connectivity index (χ0n) is 12.3. The fourth-order valence-electron chi connectivity index (χ4n) is 3.36. The van der Waals surface area contributed by atoms with E-state index in [0.29, 0.717) is 32.1 Å². The summed E-state index contributed by atoms with van der Waals surface area (Å²) in [7, 11) is -3.14. The van der Waals surface area contributed by atoms with Gasteiger partial charge in [-0.05, 0) is 25.2 Å². The van der Waals surface area contributed by atoms with Crippen molar-refractivity contribution >= 4 is 15.9 Å². The van der Waals surface area contributed by atoms with Gasteiger partial charge in [-0.1, -0.05) is 6.92 Å². The molecule has 20 heavy (non-hydrogen) atoms. The summed E-state index contributed by atoms with van der Waals surface area (Å²) >= 11 is 0. The minimum Gasteiger partial charge on any atom is -0.340 e. The van der Waals surface area contributed by atoms with Gasteiger partial charge < -0.3 is 10.6 Å². The molecule has 2 fully saturated rings. The molecule has 0 bridgehead atoms. The van der Waals surface area contributed by atoms with E-state index in [1.807, 2.05) is 0 Å². The summed E-state index contributed by atoms with van der Waals surface area (Å²) < 4.78 is 24.3. The van der Waals surface area contributed by atoms with Crippen LogP contribution in [0.3, 0.4) is 0 Å². The minimum atomic E-state index is -3.14. The lowest BCUT2D eigenvalue weighted by atomic mass is 9.79. The van der Waals surface area contributed by atoms with E-state index in [9.17, 15) is 13.2 Å². The lowest BCUT2D eigenvalue weighted by molar-refractivity contribution is -0.138. The fourth-order valence-corrected chi connectivity index (χ4v) is 4.18. The first kappa shape index (κ1) is 15.7. The zero-order chi connectivity index (χ0) is 14.9. The molecular weight excluding hydrogens is 278 g/mol. The number of nitrogens with zero attached hydrogens (tertiary/aromatic N) is 2. The SMILES string of the molecule is CC1CC(N)CC(C(=O)N2CCN(S(C)(=O)=O)CC2)C1. The molecule has 0 aromatic carbocycles. The van der Waals surface area contributed by atoms with Gasteiger partial charge in [0.15, 0.2) is 0 Å². The Kier molecular flexibility index (Phi) is 4.71. The quantitative estimate of drug-likeness (QED) is 0.769. The number of hydrogen-bond donors (Lipinski definition) is 1. The van der Waals surface area contributed by atoms with Gasteiger partial charge in [0.2, 0.25) is 15.9 Å². The molecule has 0 radical (unpaired) electrons. The standard InChI is InChI=1S/C13H25N3O3S/c1-10-7-11(9-12(14)8-10)13(17)15-3-5-16(6-4-15)20(2,18)19/h10-12H,3-9,14H2,1-2H3. The van der Waals surface area contributed by atoms with Crippen molar-refractivity contribution in [2.24, 2.45) is 17.6 Å². The van der Waals surface area contributed by atoms with Crippen molar-refractivity contribution in [1.82, 2.24) is 9.21 Å². The van der Waals surface area contributed by atoms with Crippen LogP contribution in [0.25, 0.3) is 0 Å². The molecule has 7 heteroatoms. The van der Waals surface area contributed by atoms with E-state index in [1.54, 1.807) is 4.90 Å². The van der Waals surface area contributed by atoms with E-state index in [-0.39, 0.29) is 17.9 Å². The molecule has 1 aliphatic heterocycles. The molecule has 1 heterocycles. The van der Waals surface area contributed by atoms with Gasteiger partial charge >= 0.3 is 0 Å². The lowest BCUT2D eigenvalue weighted by Gasteiger charge is -2.38. The summed E-state index contributed by atoms with van der Waals surface area (Å²) in [6.45, 7) is 3.93. The molecule has 1 amide bonds. The molecule has 3 unspecified atom stereocenters. The van der Waals surface area contributed by atoms with Crippen LogP contribution in [0, 0.1) is 11.8 Å². The fraction of sp³-hybridized carbons (Fsp3) is 0.923. The highest BCUT2D eigenvalue weighted by molar-refractivity contribution is 7.88. The van der Waals surface area contributed by atoms with Crippen LogP contribution in [-0.4, -0.2) is 62.0 Å². The Morgan fingerprint density at radius 2 is 1.70 bits per heavy atom. The summed E-state index contributed by atoms with van der Waals surface area (Å²) in [6.07, 6.45) is 3.87. The largest absolute Gasteiger partial charge is 0.340 e. The number of carbonyl (C=O) groups excluding carboxylic acids is 1. The van der Waals surface area contributed by atoms with Crippen LogP contribution in [0.5, 0.6) is 0 Å². The number of piperazine rings is 1. The van der Waals surface area contributed by atoms with Crippen LogP contribution >= 0.6 is 0 Å². The Hall–Kier alpha value is -0.660. The van der Waals surface area contributed by atoms with Crippen molar-refractivity contribution in [3.05, 3.63) is 0 Å². The summed E-state index contributed by atoms with van der Waals surface area (Å²) in [5, 5.41) is 0. The van der Waals surface area contributed by atoms with Crippen molar-refractivity contribution in [2.45, 2.75) is 32.2 Å². The van der Waals surface area contributed by atoms with Crippen molar-refractivity contribution < 1.29 is 13.2 Å². The summed E-state index contributed by atoms with van der Waals surface area (Å²) in [5.41, 5.74) is 6.00. The van der Waals surface area contributed by atoms with Gasteiger partial charge in [-0.15, -0.1) is 0 Å². The van der Waals surface area contributed by atoms with E-state index in [4.69, 9.17) is 5.73 Å². The lowest BCUT2D eigenvalue weighted by Crippen LogP contribution is -2.52. The zero-order valence-corrected chi connectivity index (χ0v) is 13.1. The Balaban J connectivity index is 1.92. The highest BCUT2D eigenvalue weighted by atomic mass is 32.2. The molecule has 1 saturated carbocycles. The van der Waals surface area contributed by atoms with Crippen LogP contribution < -0.4 is 5.73 Å². The van der Waals surface area contributed by atoms with Crippen molar-refractivity contribution in [2.75, 3.05) is 32.4 Å². The van der Waals surface area contributed by atoms with Crippen LogP contribution in [0.15, 0.2) is 0 Å². The van der Waals surface area contributed by atoms with E-state index in [2.05, 4.69) is 6.92 Å². The maximum Gasteiger partial charge on any atom is 0.225 e. The number of hydrogen-bond acceptors (Lipinski definition) is 4. The van der Waals surface area contributed by atoms with E-state index >= 15 is 0 Å². The highest BCUT2D eigenvalue weighted by Crippen LogP contribution is 2.29. The predicted octanol–water partition coefficient (Wildman–Crippen LogP) is -0.146. The Labute approximate surface area is 121 Å².